The van der Waals surface area contributed by atoms with E-state index in [2.05, 4.69) is 21.1 Å². The quantitative estimate of drug-likeness (QED) is 0.452. The van der Waals surface area contributed by atoms with Gasteiger partial charge in [-0.25, -0.2) is 4.79 Å². The molecule has 156 valence electrons. The first kappa shape index (κ1) is 21.1. The molecule has 4 rings (SSSR count). The van der Waals surface area contributed by atoms with Crippen molar-refractivity contribution in [2.75, 3.05) is 0 Å². The molecule has 3 aromatic rings. The lowest BCUT2D eigenvalue weighted by Gasteiger charge is -2.19. The number of hydrogen-bond acceptors (Lipinski definition) is 5. The van der Waals surface area contributed by atoms with Gasteiger partial charge in [0.05, 0.1) is 0 Å². The Balaban J connectivity index is 1.80. The first-order valence-corrected chi connectivity index (χ1v) is 10.4. The lowest BCUT2D eigenvalue weighted by Crippen LogP contribution is -2.27. The van der Waals surface area contributed by atoms with Crippen molar-refractivity contribution in [2.45, 2.75) is 6.10 Å². The fraction of sp³-hybridized carbons (Fsp3) is 0.0870. The van der Waals surface area contributed by atoms with Crippen molar-refractivity contribution in [3.63, 3.8) is 0 Å². The number of carbonyl (C=O) groups is 2. The highest BCUT2D eigenvalue weighted by Gasteiger charge is 2.42. The Morgan fingerprint density at radius 1 is 1.03 bits per heavy atom. The van der Waals surface area contributed by atoms with Gasteiger partial charge in [-0.3, -0.25) is 4.79 Å². The topological polar surface area (TPSA) is 96.2 Å². The molecule has 0 bridgehead atoms. The van der Waals surface area contributed by atoms with Gasteiger partial charge >= 0.3 is 5.97 Å². The number of rotatable bonds is 5. The smallest absolute Gasteiger partial charge is 0.339 e. The molecule has 0 spiro atoms. The number of aromatic carboxylic acids is 1. The first-order valence-electron chi connectivity index (χ1n) is 9.21. The standard InChI is InChI=1S/C23H15BrClNO5/c24-15-7-4-12(5-8-15)22-19(20(26-31-22)13-2-1-3-16(25)10-13)21(28)14-6-9-18(27)17(11-14)23(29)30/h1-11,19,22,27H,(H,29,30). The molecule has 0 fully saturated rings. The number of carbonyl (C=O) groups excluding carboxylic acids is 1. The van der Waals surface area contributed by atoms with Crippen molar-refractivity contribution in [3.8, 4) is 5.75 Å². The largest absolute Gasteiger partial charge is 0.507 e. The van der Waals surface area contributed by atoms with Crippen molar-refractivity contribution in [3.05, 3.63) is 98.5 Å². The second-order valence-corrected chi connectivity index (χ2v) is 8.30. The van der Waals surface area contributed by atoms with Gasteiger partial charge in [-0.1, -0.05) is 57.0 Å². The molecule has 2 N–H and O–H groups in total. The van der Waals surface area contributed by atoms with Crippen LogP contribution in [0.15, 0.2) is 76.4 Å². The number of aromatic hydroxyl groups is 1. The van der Waals surface area contributed by atoms with E-state index in [-0.39, 0.29) is 16.9 Å². The van der Waals surface area contributed by atoms with Crippen molar-refractivity contribution < 1.29 is 24.6 Å². The van der Waals surface area contributed by atoms with Gasteiger partial charge in [-0.05, 0) is 48.0 Å². The first-order chi connectivity index (χ1) is 14.8. The van der Waals surface area contributed by atoms with Crippen LogP contribution in [0.2, 0.25) is 5.02 Å². The molecule has 6 nitrogen and oxygen atoms in total. The second kappa shape index (κ2) is 8.53. The van der Waals surface area contributed by atoms with E-state index in [0.29, 0.717) is 16.3 Å². The number of hydrogen-bond donors (Lipinski definition) is 2. The fourth-order valence-electron chi connectivity index (χ4n) is 3.46. The Kier molecular flexibility index (Phi) is 5.80. The van der Waals surface area contributed by atoms with Gasteiger partial charge in [0.1, 0.15) is 22.9 Å². The second-order valence-electron chi connectivity index (χ2n) is 6.94. The number of phenols is 1. The predicted molar refractivity (Wildman–Crippen MR) is 119 cm³/mol. The summed E-state index contributed by atoms with van der Waals surface area (Å²) in [7, 11) is 0. The molecule has 8 heteroatoms. The Morgan fingerprint density at radius 3 is 2.45 bits per heavy atom. The maximum absolute atomic E-state index is 13.6. The molecule has 1 aliphatic heterocycles. The molecule has 0 aromatic heterocycles. The molecule has 3 aromatic carbocycles. The highest BCUT2D eigenvalue weighted by atomic mass is 79.9. The average Bonchev–Trinajstić information content (AvgIpc) is 3.19. The summed E-state index contributed by atoms with van der Waals surface area (Å²) in [6, 6.07) is 18.0. The van der Waals surface area contributed by atoms with Crippen LogP contribution in [0, 0.1) is 5.92 Å². The monoisotopic (exact) mass is 499 g/mol. The lowest BCUT2D eigenvalue weighted by atomic mass is 9.83. The van der Waals surface area contributed by atoms with Crippen LogP contribution in [0.25, 0.3) is 0 Å². The molecular formula is C23H15BrClNO5. The van der Waals surface area contributed by atoms with Gasteiger partial charge < -0.3 is 15.1 Å². The van der Waals surface area contributed by atoms with Crippen molar-refractivity contribution in [2.24, 2.45) is 11.1 Å². The number of ketones is 1. The van der Waals surface area contributed by atoms with E-state index < -0.39 is 23.7 Å². The number of halogens is 2. The molecule has 1 aliphatic rings. The molecule has 0 saturated carbocycles. The van der Waals surface area contributed by atoms with Crippen LogP contribution in [0.3, 0.4) is 0 Å². The summed E-state index contributed by atoms with van der Waals surface area (Å²) in [6.07, 6.45) is -0.711. The van der Waals surface area contributed by atoms with Crippen LogP contribution >= 0.6 is 27.5 Å². The molecule has 0 saturated heterocycles. The third-order valence-electron chi connectivity index (χ3n) is 4.97. The summed E-state index contributed by atoms with van der Waals surface area (Å²) in [6.45, 7) is 0. The summed E-state index contributed by atoms with van der Waals surface area (Å²) in [5.41, 5.74) is 1.53. The molecule has 2 unspecified atom stereocenters. The van der Waals surface area contributed by atoms with Crippen molar-refractivity contribution in [1.29, 1.82) is 0 Å². The van der Waals surface area contributed by atoms with E-state index in [9.17, 15) is 19.8 Å². The minimum absolute atomic E-state index is 0.127. The maximum Gasteiger partial charge on any atom is 0.339 e. The van der Waals surface area contributed by atoms with E-state index in [1.54, 1.807) is 24.3 Å². The number of benzene rings is 3. The van der Waals surface area contributed by atoms with Crippen LogP contribution in [-0.2, 0) is 4.84 Å². The summed E-state index contributed by atoms with van der Waals surface area (Å²) in [4.78, 5) is 30.7. The lowest BCUT2D eigenvalue weighted by molar-refractivity contribution is 0.0533. The minimum atomic E-state index is -1.33. The van der Waals surface area contributed by atoms with Gasteiger partial charge in [0.15, 0.2) is 11.9 Å². The Labute approximate surface area is 190 Å². The molecule has 0 aliphatic carbocycles. The van der Waals surface area contributed by atoms with E-state index in [4.69, 9.17) is 16.4 Å². The molecule has 31 heavy (non-hydrogen) atoms. The van der Waals surface area contributed by atoms with Gasteiger partial charge in [0.25, 0.3) is 0 Å². The zero-order chi connectivity index (χ0) is 22.1. The molecule has 0 radical (unpaired) electrons. The van der Waals surface area contributed by atoms with Crippen molar-refractivity contribution in [1.82, 2.24) is 0 Å². The van der Waals surface area contributed by atoms with Crippen LogP contribution in [0.1, 0.15) is 37.9 Å². The number of Topliss-reactive ketones (excluding diaryl/α,β-unsaturated/α-hetero) is 1. The number of carboxylic acids is 1. The highest BCUT2D eigenvalue weighted by molar-refractivity contribution is 9.10. The van der Waals surface area contributed by atoms with Gasteiger partial charge in [-0.15, -0.1) is 0 Å². The summed E-state index contributed by atoms with van der Waals surface area (Å²) in [5, 5.41) is 23.8. The highest BCUT2D eigenvalue weighted by Crippen LogP contribution is 2.38. The zero-order valence-electron chi connectivity index (χ0n) is 15.8. The van der Waals surface area contributed by atoms with E-state index in [1.165, 1.54) is 12.1 Å². The van der Waals surface area contributed by atoms with Crippen molar-refractivity contribution >= 4 is 45.0 Å². The fourth-order valence-corrected chi connectivity index (χ4v) is 3.92. The molecule has 2 atom stereocenters. The predicted octanol–water partition coefficient (Wildman–Crippen LogP) is 5.48. The zero-order valence-corrected chi connectivity index (χ0v) is 18.2. The molecule has 1 heterocycles. The average molecular weight is 501 g/mol. The van der Waals surface area contributed by atoms with Crippen LogP contribution in [-0.4, -0.2) is 27.7 Å². The van der Waals surface area contributed by atoms with Gasteiger partial charge in [0, 0.05) is 20.6 Å². The Bertz CT molecular complexity index is 1210. The SMILES string of the molecule is O=C(O)c1cc(C(=O)C2C(c3cccc(Cl)c3)=NOC2c2ccc(Br)cc2)ccc1O. The van der Waals surface area contributed by atoms with E-state index >= 15 is 0 Å². The summed E-state index contributed by atoms with van der Waals surface area (Å²) < 4.78 is 0.873. The van der Waals surface area contributed by atoms with E-state index in [1.807, 2.05) is 24.3 Å². The van der Waals surface area contributed by atoms with Gasteiger partial charge in [-0.2, -0.15) is 0 Å². The number of nitrogens with zero attached hydrogens (tertiary/aromatic N) is 1. The van der Waals surface area contributed by atoms with Crippen LogP contribution in [0.5, 0.6) is 5.75 Å². The normalized spacial score (nSPS) is 17.7. The Morgan fingerprint density at radius 2 is 1.77 bits per heavy atom. The minimum Gasteiger partial charge on any atom is -0.507 e. The Hall–Kier alpha value is -3.16. The number of oxime groups is 1. The van der Waals surface area contributed by atoms with Crippen LogP contribution in [0.4, 0.5) is 0 Å². The summed E-state index contributed by atoms with van der Waals surface area (Å²) >= 11 is 9.52. The molecule has 0 amide bonds. The molecular weight excluding hydrogens is 486 g/mol. The number of carboxylic acid groups (broad SMARTS) is 1. The summed E-state index contributed by atoms with van der Waals surface area (Å²) in [5.74, 6) is -2.97. The third kappa shape index (κ3) is 4.19. The maximum atomic E-state index is 13.6. The van der Waals surface area contributed by atoms with Gasteiger partial charge in [0.2, 0.25) is 0 Å². The third-order valence-corrected chi connectivity index (χ3v) is 5.74. The van der Waals surface area contributed by atoms with Crippen LogP contribution < -0.4 is 0 Å². The van der Waals surface area contributed by atoms with E-state index in [0.717, 1.165) is 16.1 Å².